The SMILES string of the molecule is CCC(Oc1cccc(OC)c1)C(=O)NCCSCc1ccc(Cl)cc1. The minimum absolute atomic E-state index is 0.0950. The lowest BCUT2D eigenvalue weighted by Gasteiger charge is -2.17. The number of rotatable bonds is 10. The highest BCUT2D eigenvalue weighted by Crippen LogP contribution is 2.20. The quantitative estimate of drug-likeness (QED) is 0.601. The molecule has 0 spiro atoms. The van der Waals surface area contributed by atoms with Crippen LogP contribution in [0, 0.1) is 0 Å². The third kappa shape index (κ3) is 6.81. The number of methoxy groups -OCH3 is 1. The van der Waals surface area contributed by atoms with Crippen LogP contribution in [0.15, 0.2) is 48.5 Å². The summed E-state index contributed by atoms with van der Waals surface area (Å²) in [4.78, 5) is 12.3. The molecule has 0 aliphatic rings. The summed E-state index contributed by atoms with van der Waals surface area (Å²) in [5.41, 5.74) is 1.22. The molecule has 2 aromatic carbocycles. The molecule has 0 radical (unpaired) electrons. The Hall–Kier alpha value is -1.85. The predicted molar refractivity (Wildman–Crippen MR) is 108 cm³/mol. The van der Waals surface area contributed by atoms with Crippen LogP contribution in [-0.2, 0) is 10.5 Å². The molecule has 6 heteroatoms. The Morgan fingerprint density at radius 2 is 1.92 bits per heavy atom. The van der Waals surface area contributed by atoms with Gasteiger partial charge < -0.3 is 14.8 Å². The topological polar surface area (TPSA) is 47.6 Å². The van der Waals surface area contributed by atoms with E-state index < -0.39 is 6.10 Å². The lowest BCUT2D eigenvalue weighted by atomic mass is 10.2. The van der Waals surface area contributed by atoms with Gasteiger partial charge in [-0.1, -0.05) is 36.7 Å². The second kappa shape index (κ2) is 11.0. The molecule has 1 N–H and O–H groups in total. The van der Waals surface area contributed by atoms with E-state index in [1.54, 1.807) is 24.9 Å². The zero-order valence-corrected chi connectivity index (χ0v) is 16.6. The van der Waals surface area contributed by atoms with Crippen molar-refractivity contribution in [2.24, 2.45) is 0 Å². The molecule has 0 bridgehead atoms. The van der Waals surface area contributed by atoms with Crippen molar-refractivity contribution in [1.29, 1.82) is 0 Å². The van der Waals surface area contributed by atoms with E-state index >= 15 is 0 Å². The number of ether oxygens (including phenoxy) is 2. The number of carbonyl (C=O) groups is 1. The van der Waals surface area contributed by atoms with Crippen molar-refractivity contribution in [2.45, 2.75) is 25.2 Å². The second-order valence-electron chi connectivity index (χ2n) is 5.66. The number of halogens is 1. The monoisotopic (exact) mass is 393 g/mol. The molecule has 2 aromatic rings. The van der Waals surface area contributed by atoms with Gasteiger partial charge in [0.05, 0.1) is 7.11 Å². The molecule has 0 heterocycles. The number of benzene rings is 2. The van der Waals surface area contributed by atoms with Gasteiger partial charge in [0, 0.05) is 29.1 Å². The summed E-state index contributed by atoms with van der Waals surface area (Å²) >= 11 is 7.64. The van der Waals surface area contributed by atoms with Crippen molar-refractivity contribution >= 4 is 29.3 Å². The maximum atomic E-state index is 12.3. The van der Waals surface area contributed by atoms with Crippen LogP contribution in [0.3, 0.4) is 0 Å². The number of hydrogen-bond acceptors (Lipinski definition) is 4. The van der Waals surface area contributed by atoms with Crippen LogP contribution < -0.4 is 14.8 Å². The fourth-order valence-electron chi connectivity index (χ4n) is 2.29. The molecule has 0 saturated heterocycles. The van der Waals surface area contributed by atoms with Crippen LogP contribution in [0.1, 0.15) is 18.9 Å². The Morgan fingerprint density at radius 3 is 2.62 bits per heavy atom. The zero-order chi connectivity index (χ0) is 18.8. The normalized spacial score (nSPS) is 11.7. The lowest BCUT2D eigenvalue weighted by molar-refractivity contribution is -0.127. The lowest BCUT2D eigenvalue weighted by Crippen LogP contribution is -2.39. The highest BCUT2D eigenvalue weighted by atomic mass is 35.5. The molecule has 0 saturated carbocycles. The summed E-state index contributed by atoms with van der Waals surface area (Å²) in [6.45, 7) is 2.54. The Morgan fingerprint density at radius 1 is 1.19 bits per heavy atom. The van der Waals surface area contributed by atoms with Gasteiger partial charge in [0.1, 0.15) is 11.5 Å². The first-order chi connectivity index (χ1) is 12.6. The first-order valence-electron chi connectivity index (χ1n) is 8.53. The van der Waals surface area contributed by atoms with E-state index in [1.165, 1.54) is 5.56 Å². The summed E-state index contributed by atoms with van der Waals surface area (Å²) in [6.07, 6.45) is 0.0874. The number of nitrogens with one attached hydrogen (secondary N) is 1. The van der Waals surface area contributed by atoms with Crippen molar-refractivity contribution in [3.05, 3.63) is 59.1 Å². The van der Waals surface area contributed by atoms with Gasteiger partial charge in [0.25, 0.3) is 5.91 Å². The first kappa shape index (κ1) is 20.5. The summed E-state index contributed by atoms with van der Waals surface area (Å²) in [6, 6.07) is 15.1. The minimum Gasteiger partial charge on any atom is -0.497 e. The molecule has 26 heavy (non-hydrogen) atoms. The Bertz CT molecular complexity index is 694. The third-order valence-electron chi connectivity index (χ3n) is 3.71. The van der Waals surface area contributed by atoms with Gasteiger partial charge in [-0.05, 0) is 36.2 Å². The van der Waals surface area contributed by atoms with Crippen LogP contribution in [0.5, 0.6) is 11.5 Å². The van der Waals surface area contributed by atoms with Gasteiger partial charge in [-0.3, -0.25) is 4.79 Å². The van der Waals surface area contributed by atoms with E-state index in [0.29, 0.717) is 24.5 Å². The third-order valence-corrected chi connectivity index (χ3v) is 4.99. The average Bonchev–Trinajstić information content (AvgIpc) is 2.67. The Labute approximate surface area is 164 Å². The van der Waals surface area contributed by atoms with Crippen molar-refractivity contribution in [3.63, 3.8) is 0 Å². The van der Waals surface area contributed by atoms with Gasteiger partial charge >= 0.3 is 0 Å². The first-order valence-corrected chi connectivity index (χ1v) is 10.1. The predicted octanol–water partition coefficient (Wildman–Crippen LogP) is 4.56. The van der Waals surface area contributed by atoms with Crippen molar-refractivity contribution in [1.82, 2.24) is 5.32 Å². The van der Waals surface area contributed by atoms with E-state index in [2.05, 4.69) is 5.32 Å². The van der Waals surface area contributed by atoms with Gasteiger partial charge in [-0.2, -0.15) is 11.8 Å². The number of amides is 1. The molecular formula is C20H24ClNO3S. The number of hydrogen-bond donors (Lipinski definition) is 1. The van der Waals surface area contributed by atoms with Crippen molar-refractivity contribution < 1.29 is 14.3 Å². The maximum Gasteiger partial charge on any atom is 0.261 e. The Balaban J connectivity index is 1.71. The van der Waals surface area contributed by atoms with Crippen LogP contribution >= 0.6 is 23.4 Å². The second-order valence-corrected chi connectivity index (χ2v) is 7.21. The van der Waals surface area contributed by atoms with E-state index in [0.717, 1.165) is 16.5 Å². The van der Waals surface area contributed by atoms with Gasteiger partial charge in [-0.25, -0.2) is 0 Å². The Kier molecular flexibility index (Phi) is 8.65. The molecule has 0 aliphatic carbocycles. The standard InChI is InChI=1S/C20H24ClNO3S/c1-3-19(25-18-6-4-5-17(13-18)24-2)20(23)22-11-12-26-14-15-7-9-16(21)10-8-15/h4-10,13,19H,3,11-12,14H2,1-2H3,(H,22,23). The molecule has 0 fully saturated rings. The fourth-order valence-corrected chi connectivity index (χ4v) is 3.24. The largest absolute Gasteiger partial charge is 0.497 e. The average molecular weight is 394 g/mol. The van der Waals surface area contributed by atoms with E-state index in [4.69, 9.17) is 21.1 Å². The highest BCUT2D eigenvalue weighted by Gasteiger charge is 2.18. The van der Waals surface area contributed by atoms with Crippen molar-refractivity contribution in [3.8, 4) is 11.5 Å². The van der Waals surface area contributed by atoms with Gasteiger partial charge in [-0.15, -0.1) is 0 Å². The zero-order valence-electron chi connectivity index (χ0n) is 15.0. The summed E-state index contributed by atoms with van der Waals surface area (Å²) in [7, 11) is 1.60. The smallest absolute Gasteiger partial charge is 0.261 e. The molecule has 4 nitrogen and oxygen atoms in total. The highest BCUT2D eigenvalue weighted by molar-refractivity contribution is 7.98. The molecule has 0 aromatic heterocycles. The number of thioether (sulfide) groups is 1. The molecule has 140 valence electrons. The summed E-state index contributed by atoms with van der Waals surface area (Å²) in [5.74, 6) is 2.97. The maximum absolute atomic E-state index is 12.3. The van der Waals surface area contributed by atoms with Crippen LogP contribution in [0.2, 0.25) is 5.02 Å². The van der Waals surface area contributed by atoms with Gasteiger partial charge in [0.15, 0.2) is 6.10 Å². The number of carbonyl (C=O) groups excluding carboxylic acids is 1. The van der Waals surface area contributed by atoms with E-state index in [9.17, 15) is 4.79 Å². The van der Waals surface area contributed by atoms with Crippen LogP contribution in [0.25, 0.3) is 0 Å². The van der Waals surface area contributed by atoms with E-state index in [-0.39, 0.29) is 5.91 Å². The minimum atomic E-state index is -0.511. The molecule has 1 atom stereocenters. The van der Waals surface area contributed by atoms with Gasteiger partial charge in [0.2, 0.25) is 0 Å². The molecule has 1 unspecified atom stereocenters. The molecular weight excluding hydrogens is 370 g/mol. The molecule has 2 rings (SSSR count). The summed E-state index contributed by atoms with van der Waals surface area (Å²) < 4.78 is 11.0. The van der Waals surface area contributed by atoms with Crippen molar-refractivity contribution in [2.75, 3.05) is 19.4 Å². The molecule has 1 amide bonds. The van der Waals surface area contributed by atoms with Crippen LogP contribution in [-0.4, -0.2) is 31.4 Å². The molecule has 0 aliphatic heterocycles. The summed E-state index contributed by atoms with van der Waals surface area (Å²) in [5, 5.41) is 3.68. The van der Waals surface area contributed by atoms with E-state index in [1.807, 2.05) is 49.4 Å². The fraction of sp³-hybridized carbons (Fsp3) is 0.350. The van der Waals surface area contributed by atoms with Crippen LogP contribution in [0.4, 0.5) is 0 Å².